The maximum atomic E-state index is 12.2. The Hall–Kier alpha value is -3.00. The van der Waals surface area contributed by atoms with Crippen LogP contribution in [0.25, 0.3) is 11.1 Å². The second-order valence-electron chi connectivity index (χ2n) is 5.51. The standard InChI is InChI=1S/C18H14N2O5S/c21-16(10-26-18-19-11-5-1-2-6-12(11)25-18)20-17(22)15-9-23-13-7-3-4-8-14(13)24-15/h1-8,15H,9-10H2,(H,20,21,22)/t15-/m0/s1. The van der Waals surface area contributed by atoms with Crippen LogP contribution in [-0.4, -0.2) is 35.3 Å². The molecule has 132 valence electrons. The van der Waals surface area contributed by atoms with Crippen molar-refractivity contribution in [1.82, 2.24) is 10.3 Å². The second-order valence-corrected chi connectivity index (χ2v) is 6.44. The SMILES string of the molecule is O=C(CSc1nc2ccccc2o1)NC(=O)[C@@H]1COc2ccccc2O1. The Morgan fingerprint density at radius 1 is 1.12 bits per heavy atom. The zero-order chi connectivity index (χ0) is 17.9. The minimum Gasteiger partial charge on any atom is -0.485 e. The van der Waals surface area contributed by atoms with E-state index in [1.165, 1.54) is 0 Å². The number of rotatable bonds is 4. The lowest BCUT2D eigenvalue weighted by molar-refractivity contribution is -0.135. The molecular formula is C18H14N2O5S. The molecule has 1 atom stereocenters. The summed E-state index contributed by atoms with van der Waals surface area (Å²) >= 11 is 1.12. The highest BCUT2D eigenvalue weighted by Crippen LogP contribution is 2.30. The van der Waals surface area contributed by atoms with Gasteiger partial charge >= 0.3 is 0 Å². The highest BCUT2D eigenvalue weighted by Gasteiger charge is 2.28. The Kier molecular flexibility index (Phi) is 4.49. The maximum absolute atomic E-state index is 12.2. The third-order valence-corrected chi connectivity index (χ3v) is 4.49. The molecule has 8 heteroatoms. The number of hydrogen-bond acceptors (Lipinski definition) is 7. The number of hydrogen-bond donors (Lipinski definition) is 1. The minimum absolute atomic E-state index is 0.00270. The van der Waals surface area contributed by atoms with Gasteiger partial charge in [0.15, 0.2) is 17.1 Å². The van der Waals surface area contributed by atoms with Crippen LogP contribution >= 0.6 is 11.8 Å². The van der Waals surface area contributed by atoms with Gasteiger partial charge in [0.05, 0.1) is 5.75 Å². The zero-order valence-electron chi connectivity index (χ0n) is 13.5. The molecule has 26 heavy (non-hydrogen) atoms. The fourth-order valence-corrected chi connectivity index (χ4v) is 3.08. The molecule has 0 bridgehead atoms. The molecule has 1 aromatic heterocycles. The normalized spacial score (nSPS) is 15.6. The molecule has 0 fully saturated rings. The predicted octanol–water partition coefficient (Wildman–Crippen LogP) is 2.40. The van der Waals surface area contributed by atoms with Crippen LogP contribution in [0.3, 0.4) is 0 Å². The van der Waals surface area contributed by atoms with Crippen LogP contribution in [0.2, 0.25) is 0 Å². The number of fused-ring (bicyclic) bond motifs is 2. The van der Waals surface area contributed by atoms with E-state index in [-0.39, 0.29) is 12.4 Å². The van der Waals surface area contributed by atoms with E-state index in [0.717, 1.165) is 17.3 Å². The van der Waals surface area contributed by atoms with Gasteiger partial charge in [0, 0.05) is 0 Å². The van der Waals surface area contributed by atoms with Gasteiger partial charge in [-0.2, -0.15) is 0 Å². The molecule has 0 radical (unpaired) electrons. The van der Waals surface area contributed by atoms with Crippen LogP contribution in [0.4, 0.5) is 0 Å². The molecule has 0 saturated carbocycles. The summed E-state index contributed by atoms with van der Waals surface area (Å²) in [6, 6.07) is 14.4. The third kappa shape index (κ3) is 3.50. The molecule has 0 unspecified atom stereocenters. The molecule has 4 rings (SSSR count). The van der Waals surface area contributed by atoms with E-state index in [4.69, 9.17) is 13.9 Å². The third-order valence-electron chi connectivity index (χ3n) is 3.66. The lowest BCUT2D eigenvalue weighted by Crippen LogP contribution is -2.46. The summed E-state index contributed by atoms with van der Waals surface area (Å²) in [4.78, 5) is 28.5. The zero-order valence-corrected chi connectivity index (χ0v) is 14.3. The number of thioether (sulfide) groups is 1. The number of benzene rings is 2. The van der Waals surface area contributed by atoms with E-state index in [1.807, 2.05) is 24.3 Å². The van der Waals surface area contributed by atoms with Crippen LogP contribution in [0.15, 0.2) is 58.2 Å². The van der Waals surface area contributed by atoms with Crippen molar-refractivity contribution in [3.05, 3.63) is 48.5 Å². The number of carbonyl (C=O) groups is 2. The van der Waals surface area contributed by atoms with Crippen molar-refractivity contribution >= 4 is 34.7 Å². The largest absolute Gasteiger partial charge is 0.485 e. The molecule has 2 amide bonds. The molecule has 1 aliphatic heterocycles. The number of amides is 2. The van der Waals surface area contributed by atoms with Gasteiger partial charge < -0.3 is 13.9 Å². The number of nitrogens with zero attached hydrogens (tertiary/aromatic N) is 1. The Bertz CT molecular complexity index is 938. The van der Waals surface area contributed by atoms with Crippen molar-refractivity contribution in [1.29, 1.82) is 0 Å². The van der Waals surface area contributed by atoms with Gasteiger partial charge in [0.25, 0.3) is 11.1 Å². The Labute approximate surface area is 152 Å². The summed E-state index contributed by atoms with van der Waals surface area (Å²) in [6.45, 7) is 0.0500. The summed E-state index contributed by atoms with van der Waals surface area (Å²) in [5, 5.41) is 2.69. The van der Waals surface area contributed by atoms with E-state index in [1.54, 1.807) is 24.3 Å². The first kappa shape index (κ1) is 16.5. The first-order chi connectivity index (χ1) is 12.7. The summed E-state index contributed by atoms with van der Waals surface area (Å²) in [6.07, 6.45) is -0.872. The van der Waals surface area contributed by atoms with Crippen LogP contribution in [-0.2, 0) is 9.59 Å². The lowest BCUT2D eigenvalue weighted by Gasteiger charge is -2.25. The van der Waals surface area contributed by atoms with Gasteiger partial charge in [-0.05, 0) is 24.3 Å². The average molecular weight is 370 g/mol. The lowest BCUT2D eigenvalue weighted by atomic mass is 10.2. The molecule has 0 aliphatic carbocycles. The van der Waals surface area contributed by atoms with E-state index < -0.39 is 17.9 Å². The van der Waals surface area contributed by atoms with Crippen LogP contribution in [0.1, 0.15) is 0 Å². The fourth-order valence-electron chi connectivity index (χ4n) is 2.44. The number of carbonyl (C=O) groups excluding carboxylic acids is 2. The van der Waals surface area contributed by atoms with Gasteiger partial charge in [0.2, 0.25) is 12.0 Å². The van der Waals surface area contributed by atoms with E-state index in [0.29, 0.717) is 22.3 Å². The van der Waals surface area contributed by atoms with Crippen molar-refractivity contribution in [2.75, 3.05) is 12.4 Å². The molecule has 1 aliphatic rings. The highest BCUT2D eigenvalue weighted by molar-refractivity contribution is 7.99. The van der Waals surface area contributed by atoms with E-state index >= 15 is 0 Å². The molecule has 2 aromatic carbocycles. The Morgan fingerprint density at radius 3 is 2.73 bits per heavy atom. The van der Waals surface area contributed by atoms with Gasteiger partial charge in [0.1, 0.15) is 12.1 Å². The molecule has 2 heterocycles. The smallest absolute Gasteiger partial charge is 0.271 e. The van der Waals surface area contributed by atoms with Crippen molar-refractivity contribution < 1.29 is 23.5 Å². The summed E-state index contributed by atoms with van der Waals surface area (Å²) < 4.78 is 16.6. The van der Waals surface area contributed by atoms with E-state index in [9.17, 15) is 9.59 Å². The van der Waals surface area contributed by atoms with Crippen molar-refractivity contribution in [3.63, 3.8) is 0 Å². The summed E-state index contributed by atoms with van der Waals surface area (Å²) in [5.41, 5.74) is 1.37. The van der Waals surface area contributed by atoms with Crippen LogP contribution < -0.4 is 14.8 Å². The first-order valence-corrected chi connectivity index (χ1v) is 8.88. The molecular weight excluding hydrogens is 356 g/mol. The number of nitrogens with one attached hydrogen (secondary N) is 1. The number of para-hydroxylation sites is 4. The Balaban J connectivity index is 1.31. The van der Waals surface area contributed by atoms with Crippen molar-refractivity contribution in [2.45, 2.75) is 11.3 Å². The average Bonchev–Trinajstić information content (AvgIpc) is 3.09. The second kappa shape index (κ2) is 7.09. The number of imide groups is 1. The summed E-state index contributed by atoms with van der Waals surface area (Å²) in [7, 11) is 0. The number of ether oxygens (including phenoxy) is 2. The van der Waals surface area contributed by atoms with Gasteiger partial charge in [-0.1, -0.05) is 36.0 Å². The molecule has 0 saturated heterocycles. The molecule has 3 aromatic rings. The van der Waals surface area contributed by atoms with Crippen LogP contribution in [0, 0.1) is 0 Å². The summed E-state index contributed by atoms with van der Waals surface area (Å²) in [5.74, 6) is 0.0666. The first-order valence-electron chi connectivity index (χ1n) is 7.89. The topological polar surface area (TPSA) is 90.7 Å². The monoisotopic (exact) mass is 370 g/mol. The maximum Gasteiger partial charge on any atom is 0.271 e. The molecule has 0 spiro atoms. The number of aromatic nitrogens is 1. The van der Waals surface area contributed by atoms with Crippen LogP contribution in [0.5, 0.6) is 11.5 Å². The van der Waals surface area contributed by atoms with Gasteiger partial charge in [-0.15, -0.1) is 0 Å². The predicted molar refractivity (Wildman–Crippen MR) is 94.2 cm³/mol. The fraction of sp³-hybridized carbons (Fsp3) is 0.167. The van der Waals surface area contributed by atoms with E-state index in [2.05, 4.69) is 10.3 Å². The van der Waals surface area contributed by atoms with Gasteiger partial charge in [-0.3, -0.25) is 14.9 Å². The van der Waals surface area contributed by atoms with Gasteiger partial charge in [-0.25, -0.2) is 4.98 Å². The van der Waals surface area contributed by atoms with Crippen molar-refractivity contribution in [3.8, 4) is 11.5 Å². The quantitative estimate of drug-likeness (QED) is 0.705. The highest BCUT2D eigenvalue weighted by atomic mass is 32.2. The van der Waals surface area contributed by atoms with Crippen molar-refractivity contribution in [2.24, 2.45) is 0 Å². The minimum atomic E-state index is -0.872. The molecule has 1 N–H and O–H groups in total. The number of oxazole rings is 1. The Morgan fingerprint density at radius 2 is 1.88 bits per heavy atom. The molecule has 7 nitrogen and oxygen atoms in total.